The highest BCUT2D eigenvalue weighted by Gasteiger charge is 2.11. The summed E-state index contributed by atoms with van der Waals surface area (Å²) >= 11 is 13.8. The summed E-state index contributed by atoms with van der Waals surface area (Å²) in [4.78, 5) is 15.5. The number of hydrogen-bond donors (Lipinski definition) is 0. The number of halogens is 2. The second-order valence-electron chi connectivity index (χ2n) is 5.17. The van der Waals surface area contributed by atoms with Crippen molar-refractivity contribution in [3.8, 4) is 0 Å². The van der Waals surface area contributed by atoms with Gasteiger partial charge in [-0.1, -0.05) is 47.5 Å². The summed E-state index contributed by atoms with van der Waals surface area (Å²) in [5.74, 6) is -1.10. The lowest BCUT2D eigenvalue weighted by atomic mass is 10.1. The Labute approximate surface area is 153 Å². The van der Waals surface area contributed by atoms with E-state index in [-0.39, 0.29) is 6.42 Å². The Hall–Kier alpha value is -1.88. The number of rotatable bonds is 5. The molecule has 0 bridgehead atoms. The largest absolute Gasteiger partial charge is 0.550 e. The Balaban J connectivity index is 2.06. The summed E-state index contributed by atoms with van der Waals surface area (Å²) in [5.41, 5.74) is 2.41. The van der Waals surface area contributed by atoms with Crippen LogP contribution in [0.3, 0.4) is 0 Å². The van der Waals surface area contributed by atoms with Crippen LogP contribution in [-0.4, -0.2) is 11.0 Å². The van der Waals surface area contributed by atoms with Gasteiger partial charge in [0.1, 0.15) is 5.01 Å². The Bertz CT molecular complexity index is 901. The third-order valence-electron chi connectivity index (χ3n) is 3.48. The molecule has 0 radical (unpaired) electrons. The average Bonchev–Trinajstić information content (AvgIpc) is 2.99. The molecule has 24 heavy (non-hydrogen) atoms. The summed E-state index contributed by atoms with van der Waals surface area (Å²) in [6.45, 7) is 0. The van der Waals surface area contributed by atoms with Crippen molar-refractivity contribution in [1.82, 2.24) is 4.98 Å². The Kier molecular flexibility index (Phi) is 5.19. The fraction of sp³-hybridized carbons (Fsp3) is 0.111. The molecule has 0 aliphatic rings. The van der Waals surface area contributed by atoms with E-state index >= 15 is 0 Å². The van der Waals surface area contributed by atoms with Crippen molar-refractivity contribution >= 4 is 62.4 Å². The molecule has 2 aromatic carbocycles. The van der Waals surface area contributed by atoms with Crippen molar-refractivity contribution < 1.29 is 9.90 Å². The standard InChI is InChI=1S/C18H13Cl2NO2S/c19-13-5-3-4-11(17(13)20)10-12(8-9-16(22)23)18-21-14-6-1-2-7-15(14)24-18/h1-7,10H,8-9H2,(H,22,23)/p-1/b12-10+. The predicted molar refractivity (Wildman–Crippen MR) is 98.2 cm³/mol. The molecule has 0 saturated heterocycles. The average molecular weight is 377 g/mol. The van der Waals surface area contributed by atoms with Gasteiger partial charge in [-0.2, -0.15) is 0 Å². The van der Waals surface area contributed by atoms with Crippen LogP contribution in [0.25, 0.3) is 21.9 Å². The number of aliphatic carboxylic acids is 1. The number of carboxylic acid groups (broad SMARTS) is 1. The number of carbonyl (C=O) groups excluding carboxylic acids is 1. The van der Waals surface area contributed by atoms with Gasteiger partial charge in [0.15, 0.2) is 0 Å². The van der Waals surface area contributed by atoms with E-state index in [0.29, 0.717) is 16.5 Å². The molecule has 3 rings (SSSR count). The predicted octanol–water partition coefficient (Wildman–Crippen LogP) is 4.67. The van der Waals surface area contributed by atoms with E-state index in [1.807, 2.05) is 36.4 Å². The minimum absolute atomic E-state index is 0.0834. The molecule has 0 aliphatic carbocycles. The van der Waals surface area contributed by atoms with E-state index in [1.54, 1.807) is 12.1 Å². The van der Waals surface area contributed by atoms with Gasteiger partial charge in [-0.15, -0.1) is 11.3 Å². The molecule has 1 aromatic heterocycles. The maximum atomic E-state index is 10.9. The first-order valence-corrected chi connectivity index (χ1v) is 8.82. The molecule has 0 saturated carbocycles. The molecule has 122 valence electrons. The molecule has 3 aromatic rings. The van der Waals surface area contributed by atoms with Gasteiger partial charge in [-0.25, -0.2) is 4.98 Å². The number of allylic oxidation sites excluding steroid dienone is 1. The minimum atomic E-state index is -1.10. The third kappa shape index (κ3) is 3.78. The molecule has 0 fully saturated rings. The van der Waals surface area contributed by atoms with Crippen molar-refractivity contribution in [2.75, 3.05) is 0 Å². The van der Waals surface area contributed by atoms with Crippen molar-refractivity contribution in [3.63, 3.8) is 0 Å². The number of carbonyl (C=O) groups is 1. The van der Waals surface area contributed by atoms with Crippen LogP contribution in [0.5, 0.6) is 0 Å². The molecular formula is C18H12Cl2NO2S-. The molecule has 3 nitrogen and oxygen atoms in total. The SMILES string of the molecule is O=C([O-])CC/C(=C\c1cccc(Cl)c1Cl)c1nc2ccccc2s1. The van der Waals surface area contributed by atoms with E-state index in [2.05, 4.69) is 4.98 Å². The van der Waals surface area contributed by atoms with E-state index in [4.69, 9.17) is 23.2 Å². The normalized spacial score (nSPS) is 11.8. The first-order chi connectivity index (χ1) is 11.5. The van der Waals surface area contributed by atoms with Gasteiger partial charge < -0.3 is 9.90 Å². The molecule has 0 N–H and O–H groups in total. The molecule has 1 heterocycles. The highest BCUT2D eigenvalue weighted by molar-refractivity contribution is 7.19. The fourth-order valence-corrected chi connectivity index (χ4v) is 3.68. The van der Waals surface area contributed by atoms with Gasteiger partial charge in [0.05, 0.1) is 20.3 Å². The van der Waals surface area contributed by atoms with Crippen LogP contribution < -0.4 is 5.11 Å². The molecule has 0 aliphatic heterocycles. The fourth-order valence-electron chi connectivity index (χ4n) is 2.31. The van der Waals surface area contributed by atoms with Crippen molar-refractivity contribution in [3.05, 3.63) is 63.1 Å². The molecule has 6 heteroatoms. The van der Waals surface area contributed by atoms with E-state index in [0.717, 1.165) is 26.4 Å². The number of carboxylic acids is 1. The molecule has 0 spiro atoms. The lowest BCUT2D eigenvalue weighted by molar-refractivity contribution is -0.305. The summed E-state index contributed by atoms with van der Waals surface area (Å²) in [6.07, 6.45) is 2.07. The van der Waals surface area contributed by atoms with Gasteiger partial charge in [-0.05, 0) is 48.3 Å². The second kappa shape index (κ2) is 7.34. The zero-order chi connectivity index (χ0) is 17.1. The minimum Gasteiger partial charge on any atom is -0.550 e. The Morgan fingerprint density at radius 3 is 2.67 bits per heavy atom. The van der Waals surface area contributed by atoms with Gasteiger partial charge in [0, 0.05) is 5.97 Å². The van der Waals surface area contributed by atoms with Gasteiger partial charge in [0.25, 0.3) is 0 Å². The summed E-state index contributed by atoms with van der Waals surface area (Å²) in [7, 11) is 0. The maximum absolute atomic E-state index is 10.9. The molecule has 0 atom stereocenters. The maximum Gasteiger partial charge on any atom is 0.120 e. The highest BCUT2D eigenvalue weighted by atomic mass is 35.5. The van der Waals surface area contributed by atoms with Crippen LogP contribution in [0.1, 0.15) is 23.4 Å². The van der Waals surface area contributed by atoms with Crippen molar-refractivity contribution in [1.29, 1.82) is 0 Å². The topological polar surface area (TPSA) is 53.0 Å². The lowest BCUT2D eigenvalue weighted by Gasteiger charge is -2.07. The number of nitrogens with zero attached hydrogens (tertiary/aromatic N) is 1. The first kappa shape index (κ1) is 17.0. The Morgan fingerprint density at radius 1 is 1.12 bits per heavy atom. The van der Waals surface area contributed by atoms with E-state index in [1.165, 1.54) is 11.3 Å². The van der Waals surface area contributed by atoms with Gasteiger partial charge in [-0.3, -0.25) is 0 Å². The smallest absolute Gasteiger partial charge is 0.120 e. The van der Waals surface area contributed by atoms with E-state index < -0.39 is 5.97 Å². The number of thiazole rings is 1. The van der Waals surface area contributed by atoms with Crippen molar-refractivity contribution in [2.24, 2.45) is 0 Å². The molecule has 0 unspecified atom stereocenters. The molecular weight excluding hydrogens is 365 g/mol. The zero-order valence-corrected chi connectivity index (χ0v) is 14.8. The summed E-state index contributed by atoms with van der Waals surface area (Å²) < 4.78 is 1.05. The van der Waals surface area contributed by atoms with Crippen LogP contribution in [-0.2, 0) is 4.79 Å². The van der Waals surface area contributed by atoms with Crippen LogP contribution in [0.2, 0.25) is 10.0 Å². The van der Waals surface area contributed by atoms with Crippen LogP contribution in [0.15, 0.2) is 42.5 Å². The summed E-state index contributed by atoms with van der Waals surface area (Å²) in [5, 5.41) is 12.5. The first-order valence-electron chi connectivity index (χ1n) is 7.25. The van der Waals surface area contributed by atoms with Crippen LogP contribution in [0.4, 0.5) is 0 Å². The monoisotopic (exact) mass is 376 g/mol. The number of hydrogen-bond acceptors (Lipinski definition) is 4. The van der Waals surface area contributed by atoms with Gasteiger partial charge in [0.2, 0.25) is 0 Å². The van der Waals surface area contributed by atoms with Crippen molar-refractivity contribution in [2.45, 2.75) is 12.8 Å². The number of fused-ring (bicyclic) bond motifs is 1. The second-order valence-corrected chi connectivity index (χ2v) is 6.99. The number of benzene rings is 2. The zero-order valence-electron chi connectivity index (χ0n) is 12.5. The molecule has 0 amide bonds. The number of para-hydroxylation sites is 1. The number of aromatic nitrogens is 1. The van der Waals surface area contributed by atoms with Crippen LogP contribution in [0, 0.1) is 0 Å². The summed E-state index contributed by atoms with van der Waals surface area (Å²) in [6, 6.07) is 13.1. The lowest BCUT2D eigenvalue weighted by Crippen LogP contribution is -2.21. The third-order valence-corrected chi connectivity index (χ3v) is 5.42. The van der Waals surface area contributed by atoms with Crippen LogP contribution >= 0.6 is 34.5 Å². The quantitative estimate of drug-likeness (QED) is 0.649. The van der Waals surface area contributed by atoms with Gasteiger partial charge >= 0.3 is 0 Å². The Morgan fingerprint density at radius 2 is 1.92 bits per heavy atom. The highest BCUT2D eigenvalue weighted by Crippen LogP contribution is 2.33. The van der Waals surface area contributed by atoms with E-state index in [9.17, 15) is 9.90 Å².